The lowest BCUT2D eigenvalue weighted by Gasteiger charge is -2.34. The van der Waals surface area contributed by atoms with Crippen LogP contribution in [0.1, 0.15) is 16.1 Å². The number of carbonyl (C=O) groups excluding carboxylic acids is 1. The molecule has 5 rings (SSSR count). The van der Waals surface area contributed by atoms with E-state index in [1.165, 1.54) is 12.1 Å². The van der Waals surface area contributed by atoms with Crippen molar-refractivity contribution >= 4 is 33.9 Å². The molecule has 3 heterocycles. The van der Waals surface area contributed by atoms with E-state index < -0.39 is 11.7 Å². The molecule has 2 fully saturated rings. The number of hydrogen-bond acceptors (Lipinski definition) is 7. The van der Waals surface area contributed by atoms with E-state index >= 15 is 0 Å². The first-order chi connectivity index (χ1) is 16.9. The van der Waals surface area contributed by atoms with Crippen molar-refractivity contribution in [1.29, 1.82) is 0 Å². The van der Waals surface area contributed by atoms with Gasteiger partial charge in [0, 0.05) is 51.0 Å². The van der Waals surface area contributed by atoms with Gasteiger partial charge in [-0.2, -0.15) is 0 Å². The Hall–Kier alpha value is -3.43. The number of piperazine rings is 1. The molecule has 0 saturated carbocycles. The molecular formula is C26H29FN4O4. The van der Waals surface area contributed by atoms with Gasteiger partial charge in [0.15, 0.2) is 16.8 Å². The third-order valence-electron chi connectivity index (χ3n) is 6.58. The molecule has 9 heteroatoms. The van der Waals surface area contributed by atoms with Crippen LogP contribution < -0.4 is 20.5 Å². The Morgan fingerprint density at radius 1 is 0.943 bits per heavy atom. The summed E-state index contributed by atoms with van der Waals surface area (Å²) < 4.78 is 26.1. The van der Waals surface area contributed by atoms with Gasteiger partial charge in [-0.3, -0.25) is 9.59 Å². The molecular weight excluding hydrogens is 451 g/mol. The van der Waals surface area contributed by atoms with Gasteiger partial charge in [0.1, 0.15) is 5.82 Å². The van der Waals surface area contributed by atoms with Crippen LogP contribution in [0.3, 0.4) is 0 Å². The van der Waals surface area contributed by atoms with Crippen LogP contribution in [-0.4, -0.2) is 70.3 Å². The van der Waals surface area contributed by atoms with E-state index in [1.807, 2.05) is 17.9 Å². The molecule has 2 aliphatic heterocycles. The summed E-state index contributed by atoms with van der Waals surface area (Å²) in [6.07, 6.45) is 0. The topological polar surface area (TPSA) is 78.3 Å². The third kappa shape index (κ3) is 4.87. The van der Waals surface area contributed by atoms with Crippen molar-refractivity contribution < 1.29 is 18.3 Å². The summed E-state index contributed by atoms with van der Waals surface area (Å²) in [4.78, 5) is 32.3. The lowest BCUT2D eigenvalue weighted by molar-refractivity contribution is 0.0997. The SMILES string of the molecule is Cc1cc(N2CCN(C)CC2)c2oc(C(=O)Nc3ccc(N4CCOCC4)c(F)c3)cc(=O)c2c1. The van der Waals surface area contributed by atoms with E-state index in [4.69, 9.17) is 9.15 Å². The van der Waals surface area contributed by atoms with Crippen molar-refractivity contribution in [2.75, 3.05) is 74.6 Å². The minimum atomic E-state index is -0.604. The standard InChI is InChI=1S/C26H29FN4O4/c1-17-13-19-23(32)16-24(35-25(19)22(14-17)30-7-5-29(2)6-8-30)26(33)28-18-3-4-21(20(27)15-18)31-9-11-34-12-10-31/h3-4,13-16H,5-12H2,1-2H3,(H,28,33). The molecule has 0 unspecified atom stereocenters. The van der Waals surface area contributed by atoms with Crippen molar-refractivity contribution in [2.24, 2.45) is 0 Å². The molecule has 2 saturated heterocycles. The molecule has 1 aromatic heterocycles. The number of hydrogen-bond donors (Lipinski definition) is 1. The van der Waals surface area contributed by atoms with E-state index in [-0.39, 0.29) is 16.9 Å². The fourth-order valence-corrected chi connectivity index (χ4v) is 4.61. The molecule has 184 valence electrons. The lowest BCUT2D eigenvalue weighted by Crippen LogP contribution is -2.44. The highest BCUT2D eigenvalue weighted by atomic mass is 19.1. The molecule has 35 heavy (non-hydrogen) atoms. The summed E-state index contributed by atoms with van der Waals surface area (Å²) in [5.74, 6) is -1.15. The van der Waals surface area contributed by atoms with E-state index in [0.29, 0.717) is 43.0 Å². The zero-order valence-corrected chi connectivity index (χ0v) is 20.0. The Labute approximate surface area is 202 Å². The van der Waals surface area contributed by atoms with Gasteiger partial charge in [-0.05, 0) is 49.9 Å². The highest BCUT2D eigenvalue weighted by molar-refractivity contribution is 6.03. The highest BCUT2D eigenvalue weighted by Gasteiger charge is 2.22. The predicted octanol–water partition coefficient (Wildman–Crippen LogP) is 3.08. The highest BCUT2D eigenvalue weighted by Crippen LogP contribution is 2.29. The van der Waals surface area contributed by atoms with Crippen molar-refractivity contribution in [1.82, 2.24) is 4.90 Å². The van der Waals surface area contributed by atoms with Crippen LogP contribution in [0.2, 0.25) is 0 Å². The van der Waals surface area contributed by atoms with Gasteiger partial charge in [-0.25, -0.2) is 4.39 Å². The molecule has 0 spiro atoms. The summed E-state index contributed by atoms with van der Waals surface area (Å²) in [5.41, 5.74) is 2.62. The summed E-state index contributed by atoms with van der Waals surface area (Å²) in [5, 5.41) is 3.10. The van der Waals surface area contributed by atoms with E-state index in [9.17, 15) is 14.0 Å². The Balaban J connectivity index is 1.43. The maximum absolute atomic E-state index is 14.8. The second-order valence-corrected chi connectivity index (χ2v) is 9.15. The molecule has 8 nitrogen and oxygen atoms in total. The van der Waals surface area contributed by atoms with Crippen molar-refractivity contribution in [2.45, 2.75) is 6.92 Å². The van der Waals surface area contributed by atoms with Crippen LogP contribution in [0.25, 0.3) is 11.0 Å². The first-order valence-electron chi connectivity index (χ1n) is 11.8. The smallest absolute Gasteiger partial charge is 0.291 e. The molecule has 0 atom stereocenters. The number of ether oxygens (including phenoxy) is 1. The Bertz CT molecular complexity index is 1310. The van der Waals surface area contributed by atoms with Crippen LogP contribution in [0.4, 0.5) is 21.5 Å². The van der Waals surface area contributed by atoms with Crippen molar-refractivity contribution in [3.05, 3.63) is 63.8 Å². The molecule has 0 aliphatic carbocycles. The number of nitrogens with one attached hydrogen (secondary N) is 1. The summed E-state index contributed by atoms with van der Waals surface area (Å²) >= 11 is 0. The van der Waals surface area contributed by atoms with E-state index in [1.54, 1.807) is 18.2 Å². The predicted molar refractivity (Wildman–Crippen MR) is 134 cm³/mol. The number of rotatable bonds is 4. The number of anilines is 3. The summed E-state index contributed by atoms with van der Waals surface area (Å²) in [7, 11) is 2.07. The maximum Gasteiger partial charge on any atom is 0.291 e. The first-order valence-corrected chi connectivity index (χ1v) is 11.8. The number of nitrogens with zero attached hydrogens (tertiary/aromatic N) is 3. The van der Waals surface area contributed by atoms with Gasteiger partial charge in [0.2, 0.25) is 0 Å². The number of carbonyl (C=O) groups is 1. The van der Waals surface area contributed by atoms with Crippen LogP contribution in [-0.2, 0) is 4.74 Å². The molecule has 0 bridgehead atoms. The number of aryl methyl sites for hydroxylation is 1. The Kier molecular flexibility index (Phi) is 6.44. The largest absolute Gasteiger partial charge is 0.448 e. The second kappa shape index (κ2) is 9.67. The quantitative estimate of drug-likeness (QED) is 0.615. The van der Waals surface area contributed by atoms with Gasteiger partial charge >= 0.3 is 0 Å². The van der Waals surface area contributed by atoms with Gasteiger partial charge in [0.05, 0.1) is 30.0 Å². The van der Waals surface area contributed by atoms with E-state index in [2.05, 4.69) is 22.2 Å². The zero-order valence-electron chi connectivity index (χ0n) is 20.0. The number of amides is 1. The average Bonchev–Trinajstić information content (AvgIpc) is 2.85. The monoisotopic (exact) mass is 480 g/mol. The number of halogens is 1. The average molecular weight is 481 g/mol. The summed E-state index contributed by atoms with van der Waals surface area (Å²) in [6.45, 7) is 7.64. The van der Waals surface area contributed by atoms with Crippen LogP contribution in [0.5, 0.6) is 0 Å². The number of morpholine rings is 1. The molecule has 3 aromatic rings. The number of benzene rings is 2. The minimum absolute atomic E-state index is 0.112. The van der Waals surface area contributed by atoms with Crippen molar-refractivity contribution in [3.63, 3.8) is 0 Å². The second-order valence-electron chi connectivity index (χ2n) is 9.15. The maximum atomic E-state index is 14.8. The van der Waals surface area contributed by atoms with Crippen LogP contribution >= 0.6 is 0 Å². The van der Waals surface area contributed by atoms with Gasteiger partial charge in [-0.15, -0.1) is 0 Å². The third-order valence-corrected chi connectivity index (χ3v) is 6.58. The minimum Gasteiger partial charge on any atom is -0.448 e. The molecule has 1 amide bonds. The van der Waals surface area contributed by atoms with E-state index in [0.717, 1.165) is 37.4 Å². The normalized spacial score (nSPS) is 17.1. The lowest BCUT2D eigenvalue weighted by atomic mass is 10.1. The number of likely N-dealkylation sites (N-methyl/N-ethyl adjacent to an activating group) is 1. The fraction of sp³-hybridized carbons (Fsp3) is 0.385. The van der Waals surface area contributed by atoms with Gasteiger partial charge in [0.25, 0.3) is 5.91 Å². The van der Waals surface area contributed by atoms with Gasteiger partial charge < -0.3 is 29.2 Å². The molecule has 0 radical (unpaired) electrons. The zero-order chi connectivity index (χ0) is 24.5. The molecule has 2 aromatic carbocycles. The number of fused-ring (bicyclic) bond motifs is 1. The Morgan fingerprint density at radius 2 is 1.66 bits per heavy atom. The van der Waals surface area contributed by atoms with Crippen LogP contribution in [0.15, 0.2) is 45.6 Å². The first kappa shape index (κ1) is 23.3. The molecule has 2 aliphatic rings. The Morgan fingerprint density at radius 3 is 2.37 bits per heavy atom. The van der Waals surface area contributed by atoms with Gasteiger partial charge in [-0.1, -0.05) is 0 Å². The fourth-order valence-electron chi connectivity index (χ4n) is 4.61. The van der Waals surface area contributed by atoms with Crippen LogP contribution in [0, 0.1) is 12.7 Å². The summed E-state index contributed by atoms with van der Waals surface area (Å²) in [6, 6.07) is 9.52. The molecule has 1 N–H and O–H groups in total. The van der Waals surface area contributed by atoms with Crippen molar-refractivity contribution in [3.8, 4) is 0 Å².